The Kier molecular flexibility index (Phi) is 7.68. The van der Waals surface area contributed by atoms with E-state index in [0.717, 1.165) is 12.8 Å². The Hall–Kier alpha value is -0.170. The number of thiocarbonyl (C=S) groups is 1. The van der Waals surface area contributed by atoms with E-state index in [1.54, 1.807) is 5.37 Å². The zero-order chi connectivity index (χ0) is 6.95. The summed E-state index contributed by atoms with van der Waals surface area (Å²) >= 11 is 4.67. The van der Waals surface area contributed by atoms with Crippen molar-refractivity contribution in [2.24, 2.45) is 0 Å². The second-order valence-corrected chi connectivity index (χ2v) is 2.24. The Balaban J connectivity index is 2.74. The lowest BCUT2D eigenvalue weighted by molar-refractivity contribution is 0.840. The van der Waals surface area contributed by atoms with Crippen LogP contribution in [0.25, 0.3) is 0 Å². The highest BCUT2D eigenvalue weighted by atomic mass is 32.1. The molecule has 0 saturated carbocycles. The fourth-order valence-corrected chi connectivity index (χ4v) is 0.748. The molecule has 0 N–H and O–H groups in total. The largest absolute Gasteiger partial charge is 0.103 e. The van der Waals surface area contributed by atoms with Crippen LogP contribution in [-0.4, -0.2) is 5.37 Å². The standard InChI is InChI=1S/C8H13S/c1-2-3-4-5-6-7-8-9/h2,4,8H,1,3,5-7H2. The molecule has 0 aromatic rings. The first-order chi connectivity index (χ1) is 4.41. The maximum Gasteiger partial charge on any atom is -0.0210 e. The predicted molar refractivity (Wildman–Crippen MR) is 46.6 cm³/mol. The van der Waals surface area contributed by atoms with E-state index >= 15 is 0 Å². The van der Waals surface area contributed by atoms with Crippen LogP contribution >= 0.6 is 12.2 Å². The predicted octanol–water partition coefficient (Wildman–Crippen LogP) is 2.94. The molecular formula is C8H13S. The van der Waals surface area contributed by atoms with Gasteiger partial charge in [-0.1, -0.05) is 18.3 Å². The molecule has 0 rings (SSSR count). The van der Waals surface area contributed by atoms with Gasteiger partial charge in [0.05, 0.1) is 0 Å². The molecule has 0 bridgehead atoms. The van der Waals surface area contributed by atoms with E-state index in [9.17, 15) is 0 Å². The Morgan fingerprint density at radius 1 is 1.33 bits per heavy atom. The number of allylic oxidation sites excluding steroid dienone is 1. The van der Waals surface area contributed by atoms with Crippen LogP contribution in [-0.2, 0) is 0 Å². The minimum atomic E-state index is 1.03. The van der Waals surface area contributed by atoms with Crippen molar-refractivity contribution in [2.45, 2.75) is 25.7 Å². The average Bonchev–Trinajstić information content (AvgIpc) is 1.89. The third-order valence-corrected chi connectivity index (χ3v) is 1.30. The second-order valence-electron chi connectivity index (χ2n) is 1.91. The van der Waals surface area contributed by atoms with Crippen molar-refractivity contribution in [2.75, 3.05) is 0 Å². The van der Waals surface area contributed by atoms with Crippen molar-refractivity contribution in [3.8, 4) is 0 Å². The monoisotopic (exact) mass is 141 g/mol. The van der Waals surface area contributed by atoms with Gasteiger partial charge in [-0.2, -0.15) is 0 Å². The van der Waals surface area contributed by atoms with Gasteiger partial charge in [-0.25, -0.2) is 0 Å². The minimum absolute atomic E-state index is 1.03. The summed E-state index contributed by atoms with van der Waals surface area (Å²) in [4.78, 5) is 0. The Labute approximate surface area is 63.0 Å². The SMILES string of the molecule is C=CC[CH]CCCC=S. The van der Waals surface area contributed by atoms with Crippen molar-refractivity contribution in [3.05, 3.63) is 19.1 Å². The molecule has 1 heteroatoms. The maximum absolute atomic E-state index is 4.67. The molecule has 0 saturated heterocycles. The molecule has 0 aliphatic carbocycles. The minimum Gasteiger partial charge on any atom is -0.103 e. The highest BCUT2D eigenvalue weighted by molar-refractivity contribution is 7.78. The highest BCUT2D eigenvalue weighted by Gasteiger charge is 1.83. The van der Waals surface area contributed by atoms with Crippen LogP contribution in [0.5, 0.6) is 0 Å². The first-order valence-corrected chi connectivity index (χ1v) is 3.75. The number of hydrogen-bond donors (Lipinski definition) is 0. The molecule has 0 spiro atoms. The molecule has 0 atom stereocenters. The van der Waals surface area contributed by atoms with Gasteiger partial charge in [0.1, 0.15) is 0 Å². The fourth-order valence-electron chi connectivity index (χ4n) is 0.581. The topological polar surface area (TPSA) is 0 Å². The van der Waals surface area contributed by atoms with Crippen LogP contribution in [0.3, 0.4) is 0 Å². The van der Waals surface area contributed by atoms with Gasteiger partial charge in [0.25, 0.3) is 0 Å². The van der Waals surface area contributed by atoms with Gasteiger partial charge in [0.2, 0.25) is 0 Å². The van der Waals surface area contributed by atoms with Gasteiger partial charge >= 0.3 is 0 Å². The van der Waals surface area contributed by atoms with Crippen molar-refractivity contribution in [3.63, 3.8) is 0 Å². The number of unbranched alkanes of at least 4 members (excludes halogenated alkanes) is 4. The molecule has 0 aromatic carbocycles. The number of rotatable bonds is 6. The van der Waals surface area contributed by atoms with Crippen molar-refractivity contribution < 1.29 is 0 Å². The first kappa shape index (κ1) is 8.83. The summed E-state index contributed by atoms with van der Waals surface area (Å²) in [6.45, 7) is 3.62. The van der Waals surface area contributed by atoms with Crippen LogP contribution in [0, 0.1) is 6.42 Å². The van der Waals surface area contributed by atoms with Gasteiger partial charge in [-0.05, 0) is 37.5 Å². The molecule has 0 amide bonds. The summed E-state index contributed by atoms with van der Waals surface area (Å²) in [7, 11) is 0. The van der Waals surface area contributed by atoms with E-state index < -0.39 is 0 Å². The molecule has 0 aliphatic rings. The highest BCUT2D eigenvalue weighted by Crippen LogP contribution is 1.99. The van der Waals surface area contributed by atoms with Gasteiger partial charge in [0, 0.05) is 0 Å². The summed E-state index contributed by atoms with van der Waals surface area (Å²) in [6, 6.07) is 0. The van der Waals surface area contributed by atoms with Gasteiger partial charge in [-0.3, -0.25) is 0 Å². The summed E-state index contributed by atoms with van der Waals surface area (Å²) in [5.41, 5.74) is 0. The van der Waals surface area contributed by atoms with Gasteiger partial charge < -0.3 is 0 Å². The van der Waals surface area contributed by atoms with E-state index in [1.165, 1.54) is 12.8 Å². The summed E-state index contributed by atoms with van der Waals surface area (Å²) < 4.78 is 0. The quantitative estimate of drug-likeness (QED) is 0.311. The van der Waals surface area contributed by atoms with E-state index in [-0.39, 0.29) is 0 Å². The molecule has 1 radical (unpaired) electrons. The fraction of sp³-hybridized carbons (Fsp3) is 0.500. The second kappa shape index (κ2) is 7.83. The molecule has 51 valence electrons. The maximum atomic E-state index is 4.67. The average molecular weight is 141 g/mol. The third-order valence-electron chi connectivity index (χ3n) is 1.06. The lowest BCUT2D eigenvalue weighted by Gasteiger charge is -1.91. The molecule has 0 fully saturated rings. The van der Waals surface area contributed by atoms with Crippen molar-refractivity contribution >= 4 is 17.6 Å². The van der Waals surface area contributed by atoms with Gasteiger partial charge in [0.15, 0.2) is 0 Å². The molecule has 9 heavy (non-hydrogen) atoms. The first-order valence-electron chi connectivity index (χ1n) is 3.28. The lowest BCUT2D eigenvalue weighted by Crippen LogP contribution is -1.76. The lowest BCUT2D eigenvalue weighted by atomic mass is 10.2. The molecule has 0 unspecified atom stereocenters. The third kappa shape index (κ3) is 7.83. The zero-order valence-corrected chi connectivity index (χ0v) is 6.49. The van der Waals surface area contributed by atoms with Crippen LogP contribution in [0.1, 0.15) is 25.7 Å². The van der Waals surface area contributed by atoms with E-state index in [4.69, 9.17) is 0 Å². The van der Waals surface area contributed by atoms with Crippen LogP contribution < -0.4 is 0 Å². The zero-order valence-electron chi connectivity index (χ0n) is 5.68. The normalized spacial score (nSPS) is 8.89. The van der Waals surface area contributed by atoms with E-state index in [1.807, 2.05) is 6.08 Å². The Morgan fingerprint density at radius 3 is 2.67 bits per heavy atom. The smallest absolute Gasteiger partial charge is 0.0210 e. The van der Waals surface area contributed by atoms with Crippen molar-refractivity contribution in [1.29, 1.82) is 0 Å². The molecule has 0 nitrogen and oxygen atoms in total. The summed E-state index contributed by atoms with van der Waals surface area (Å²) in [5, 5.41) is 1.79. The summed E-state index contributed by atoms with van der Waals surface area (Å²) in [6.07, 6.45) is 8.58. The molecule has 0 heterocycles. The molecule has 0 aromatic heterocycles. The van der Waals surface area contributed by atoms with Gasteiger partial charge in [-0.15, -0.1) is 6.58 Å². The molecule has 0 aliphatic heterocycles. The summed E-state index contributed by atoms with van der Waals surface area (Å²) in [5.74, 6) is 0. The Morgan fingerprint density at radius 2 is 2.11 bits per heavy atom. The van der Waals surface area contributed by atoms with E-state index in [0.29, 0.717) is 0 Å². The van der Waals surface area contributed by atoms with E-state index in [2.05, 4.69) is 25.2 Å². The van der Waals surface area contributed by atoms with Crippen LogP contribution in [0.15, 0.2) is 12.7 Å². The van der Waals surface area contributed by atoms with Crippen molar-refractivity contribution in [1.82, 2.24) is 0 Å². The van der Waals surface area contributed by atoms with Crippen LogP contribution in [0.2, 0.25) is 0 Å². The van der Waals surface area contributed by atoms with Crippen LogP contribution in [0.4, 0.5) is 0 Å². The number of hydrogen-bond acceptors (Lipinski definition) is 1. The Bertz CT molecular complexity index is 66.6. The molecular weight excluding hydrogens is 128 g/mol.